The van der Waals surface area contributed by atoms with E-state index < -0.39 is 0 Å². The number of rotatable bonds is 5. The molecule has 1 fully saturated rings. The highest BCUT2D eigenvalue weighted by molar-refractivity contribution is 9.09. The normalized spacial score (nSPS) is 18.8. The molecule has 0 bridgehead atoms. The fourth-order valence-electron chi connectivity index (χ4n) is 1.69. The summed E-state index contributed by atoms with van der Waals surface area (Å²) in [6.45, 7) is 0.763. The van der Waals surface area contributed by atoms with Gasteiger partial charge in [-0.1, -0.05) is 15.9 Å². The number of carbonyl (C=O) groups excluding carboxylic acids is 1. The molecule has 1 amide bonds. The van der Waals surface area contributed by atoms with E-state index in [1.165, 1.54) is 6.42 Å². The first kappa shape index (κ1) is 12.0. The molecule has 3 nitrogen and oxygen atoms in total. The predicted molar refractivity (Wildman–Crippen MR) is 59.6 cm³/mol. The van der Waals surface area contributed by atoms with Crippen LogP contribution in [-0.2, 0) is 9.53 Å². The third-order valence-electron chi connectivity index (χ3n) is 3.02. The average Bonchev–Trinajstić information content (AvgIpc) is 2.11. The van der Waals surface area contributed by atoms with Gasteiger partial charge in [-0.05, 0) is 19.3 Å². The lowest BCUT2D eigenvalue weighted by Crippen LogP contribution is -2.44. The Morgan fingerprint density at radius 3 is 2.57 bits per heavy atom. The van der Waals surface area contributed by atoms with E-state index in [0.717, 1.165) is 24.7 Å². The van der Waals surface area contributed by atoms with Crippen molar-refractivity contribution in [1.82, 2.24) is 4.90 Å². The van der Waals surface area contributed by atoms with E-state index in [1.807, 2.05) is 7.05 Å². The molecule has 0 spiro atoms. The Labute approximate surface area is 93.9 Å². The van der Waals surface area contributed by atoms with Crippen LogP contribution in [0.5, 0.6) is 0 Å². The van der Waals surface area contributed by atoms with Crippen LogP contribution < -0.4 is 0 Å². The Morgan fingerprint density at radius 2 is 2.21 bits per heavy atom. The van der Waals surface area contributed by atoms with Crippen molar-refractivity contribution in [3.05, 3.63) is 0 Å². The Bertz CT molecular complexity index is 199. The summed E-state index contributed by atoms with van der Waals surface area (Å²) in [4.78, 5) is 13.5. The molecular formula is C10H18BrNO2. The van der Waals surface area contributed by atoms with Crippen molar-refractivity contribution in [1.29, 1.82) is 0 Å². The maximum absolute atomic E-state index is 11.7. The van der Waals surface area contributed by atoms with Gasteiger partial charge in [0.1, 0.15) is 0 Å². The molecule has 0 unspecified atom stereocenters. The van der Waals surface area contributed by atoms with Crippen LogP contribution in [0.15, 0.2) is 0 Å². The molecule has 0 atom stereocenters. The average molecular weight is 264 g/mol. The first-order valence-electron chi connectivity index (χ1n) is 4.99. The van der Waals surface area contributed by atoms with Gasteiger partial charge in [-0.15, -0.1) is 0 Å². The molecule has 0 aromatic carbocycles. The number of hydrogen-bond acceptors (Lipinski definition) is 2. The third-order valence-corrected chi connectivity index (χ3v) is 3.37. The SMILES string of the molecule is COC1(CC(=O)N(C)CCBr)CCC1. The molecule has 1 rings (SSSR count). The number of carbonyl (C=O) groups is 1. The number of ether oxygens (including phenoxy) is 1. The molecule has 0 saturated heterocycles. The molecule has 0 N–H and O–H groups in total. The summed E-state index contributed by atoms with van der Waals surface area (Å²) in [5.41, 5.74) is -0.141. The van der Waals surface area contributed by atoms with Gasteiger partial charge in [0, 0.05) is 26.0 Å². The summed E-state index contributed by atoms with van der Waals surface area (Å²) in [6, 6.07) is 0. The van der Waals surface area contributed by atoms with E-state index in [9.17, 15) is 4.79 Å². The largest absolute Gasteiger partial charge is 0.378 e. The van der Waals surface area contributed by atoms with E-state index in [4.69, 9.17) is 4.74 Å². The van der Waals surface area contributed by atoms with Crippen molar-refractivity contribution in [3.8, 4) is 0 Å². The zero-order valence-electron chi connectivity index (χ0n) is 8.88. The molecule has 1 aliphatic rings. The Kier molecular flexibility index (Phi) is 4.38. The maximum Gasteiger partial charge on any atom is 0.225 e. The highest BCUT2D eigenvalue weighted by Crippen LogP contribution is 2.38. The lowest BCUT2D eigenvalue weighted by molar-refractivity contribution is -0.142. The van der Waals surface area contributed by atoms with Gasteiger partial charge in [0.2, 0.25) is 5.91 Å². The summed E-state index contributed by atoms with van der Waals surface area (Å²) in [7, 11) is 3.54. The van der Waals surface area contributed by atoms with Crippen molar-refractivity contribution in [2.24, 2.45) is 0 Å². The van der Waals surface area contributed by atoms with Gasteiger partial charge >= 0.3 is 0 Å². The highest BCUT2D eigenvalue weighted by Gasteiger charge is 2.39. The molecule has 4 heteroatoms. The molecule has 0 heterocycles. The van der Waals surface area contributed by atoms with Crippen LogP contribution >= 0.6 is 15.9 Å². The van der Waals surface area contributed by atoms with Crippen molar-refractivity contribution in [2.45, 2.75) is 31.3 Å². The van der Waals surface area contributed by atoms with Gasteiger partial charge in [-0.3, -0.25) is 4.79 Å². The molecule has 1 aliphatic carbocycles. The van der Waals surface area contributed by atoms with E-state index in [1.54, 1.807) is 12.0 Å². The second-order valence-electron chi connectivity index (χ2n) is 3.92. The van der Waals surface area contributed by atoms with Crippen LogP contribution in [0.4, 0.5) is 0 Å². The van der Waals surface area contributed by atoms with Crippen LogP contribution in [0.25, 0.3) is 0 Å². The molecule has 82 valence electrons. The molecule has 14 heavy (non-hydrogen) atoms. The van der Waals surface area contributed by atoms with Crippen molar-refractivity contribution in [3.63, 3.8) is 0 Å². The van der Waals surface area contributed by atoms with E-state index in [-0.39, 0.29) is 11.5 Å². The Morgan fingerprint density at radius 1 is 1.57 bits per heavy atom. The summed E-state index contributed by atoms with van der Waals surface area (Å²) in [6.07, 6.45) is 3.77. The fourth-order valence-corrected chi connectivity index (χ4v) is 2.22. The van der Waals surface area contributed by atoms with Crippen LogP contribution in [-0.4, -0.2) is 42.4 Å². The minimum Gasteiger partial charge on any atom is -0.378 e. The minimum absolute atomic E-state index is 0.141. The van der Waals surface area contributed by atoms with Gasteiger partial charge in [0.15, 0.2) is 0 Å². The summed E-state index contributed by atoms with van der Waals surface area (Å²) in [5, 5.41) is 0.829. The molecule has 0 radical (unpaired) electrons. The molecule has 1 saturated carbocycles. The lowest BCUT2D eigenvalue weighted by Gasteiger charge is -2.40. The van der Waals surface area contributed by atoms with E-state index >= 15 is 0 Å². The van der Waals surface area contributed by atoms with Gasteiger partial charge in [-0.2, -0.15) is 0 Å². The second kappa shape index (κ2) is 5.12. The summed E-state index contributed by atoms with van der Waals surface area (Å²) in [5.74, 6) is 0.186. The first-order chi connectivity index (χ1) is 6.63. The predicted octanol–water partition coefficient (Wildman–Crippen LogP) is 1.80. The number of hydrogen-bond donors (Lipinski definition) is 0. The fraction of sp³-hybridized carbons (Fsp3) is 0.900. The van der Waals surface area contributed by atoms with Gasteiger partial charge in [0.25, 0.3) is 0 Å². The Balaban J connectivity index is 2.38. The second-order valence-corrected chi connectivity index (χ2v) is 4.71. The maximum atomic E-state index is 11.7. The summed E-state index contributed by atoms with van der Waals surface area (Å²) >= 11 is 3.32. The molecule has 0 aromatic rings. The molecule has 0 aromatic heterocycles. The lowest BCUT2D eigenvalue weighted by atomic mass is 9.77. The summed E-state index contributed by atoms with van der Waals surface area (Å²) < 4.78 is 5.41. The quantitative estimate of drug-likeness (QED) is 0.709. The number of halogens is 1. The molecule has 0 aliphatic heterocycles. The number of amides is 1. The first-order valence-corrected chi connectivity index (χ1v) is 6.11. The highest BCUT2D eigenvalue weighted by atomic mass is 79.9. The topological polar surface area (TPSA) is 29.5 Å². The monoisotopic (exact) mass is 263 g/mol. The number of alkyl halides is 1. The van der Waals surface area contributed by atoms with Crippen LogP contribution in [0.2, 0.25) is 0 Å². The standard InChI is InChI=1S/C10H18BrNO2/c1-12(7-6-11)9(13)8-10(14-2)4-3-5-10/h3-8H2,1-2H3. The zero-order chi connectivity index (χ0) is 10.6. The number of methoxy groups -OCH3 is 1. The molecular weight excluding hydrogens is 246 g/mol. The van der Waals surface area contributed by atoms with Gasteiger partial charge < -0.3 is 9.64 Å². The number of nitrogens with zero attached hydrogens (tertiary/aromatic N) is 1. The van der Waals surface area contributed by atoms with Crippen LogP contribution in [0, 0.1) is 0 Å². The third kappa shape index (κ3) is 2.70. The van der Waals surface area contributed by atoms with Gasteiger partial charge in [0.05, 0.1) is 12.0 Å². The van der Waals surface area contributed by atoms with Crippen molar-refractivity contribution in [2.75, 3.05) is 26.0 Å². The Hall–Kier alpha value is -0.0900. The van der Waals surface area contributed by atoms with E-state index in [0.29, 0.717) is 6.42 Å². The zero-order valence-corrected chi connectivity index (χ0v) is 10.5. The van der Waals surface area contributed by atoms with Crippen molar-refractivity contribution < 1.29 is 9.53 Å². The van der Waals surface area contributed by atoms with E-state index in [2.05, 4.69) is 15.9 Å². The minimum atomic E-state index is -0.141. The smallest absolute Gasteiger partial charge is 0.225 e. The van der Waals surface area contributed by atoms with Crippen LogP contribution in [0.1, 0.15) is 25.7 Å². The van der Waals surface area contributed by atoms with Gasteiger partial charge in [-0.25, -0.2) is 0 Å². The van der Waals surface area contributed by atoms with Crippen LogP contribution in [0.3, 0.4) is 0 Å². The van der Waals surface area contributed by atoms with Crippen molar-refractivity contribution >= 4 is 21.8 Å².